The average molecular weight is 507 g/mol. The van der Waals surface area contributed by atoms with E-state index in [-0.39, 0.29) is 30.6 Å². The molecule has 35 heavy (non-hydrogen) atoms. The first-order chi connectivity index (χ1) is 16.3. The molecule has 5 rings (SSSR count). The maximum Gasteiger partial charge on any atom is 0.375 e. The summed E-state index contributed by atoms with van der Waals surface area (Å²) in [6.45, 7) is 4.93. The van der Waals surface area contributed by atoms with Gasteiger partial charge in [-0.25, -0.2) is 13.6 Å². The largest absolute Gasteiger partial charge is 0.457 e. The number of rotatable bonds is 3. The molecule has 6 nitrogen and oxygen atoms in total. The second-order valence-electron chi connectivity index (χ2n) is 10.9. The van der Waals surface area contributed by atoms with Gasteiger partial charge < -0.3 is 14.3 Å². The number of aliphatic hydroxyl groups excluding tert-OH is 1. The highest BCUT2D eigenvalue weighted by Gasteiger charge is 2.78. The summed E-state index contributed by atoms with van der Waals surface area (Å²) in [7, 11) is 0. The molecule has 3 saturated carbocycles. The van der Waals surface area contributed by atoms with E-state index in [1.807, 2.05) is 0 Å². The fraction of sp³-hybridized carbons (Fsp3) is 0.577. The van der Waals surface area contributed by atoms with E-state index in [1.165, 1.54) is 37.5 Å². The van der Waals surface area contributed by atoms with Gasteiger partial charge in [0.15, 0.2) is 17.1 Å². The number of hydrogen-bond donors (Lipinski definition) is 2. The van der Waals surface area contributed by atoms with E-state index in [0.29, 0.717) is 0 Å². The topological polar surface area (TPSA) is 93.8 Å². The van der Waals surface area contributed by atoms with Crippen LogP contribution in [-0.4, -0.2) is 45.5 Å². The maximum atomic E-state index is 17.3. The zero-order valence-corrected chi connectivity index (χ0v) is 20.6. The van der Waals surface area contributed by atoms with E-state index in [9.17, 15) is 19.5 Å². The number of halogens is 2. The number of thiol groups is 1. The summed E-state index contributed by atoms with van der Waals surface area (Å²) in [4.78, 5) is 38.0. The molecule has 1 aromatic rings. The van der Waals surface area contributed by atoms with Gasteiger partial charge in [0.25, 0.3) is 0 Å². The Morgan fingerprint density at radius 3 is 2.60 bits per heavy atom. The van der Waals surface area contributed by atoms with Crippen LogP contribution in [0.2, 0.25) is 0 Å². The van der Waals surface area contributed by atoms with Crippen LogP contribution in [-0.2, 0) is 14.3 Å². The van der Waals surface area contributed by atoms with Gasteiger partial charge in [0, 0.05) is 22.7 Å². The van der Waals surface area contributed by atoms with Crippen molar-refractivity contribution in [2.75, 3.05) is 0 Å². The molecule has 1 aromatic heterocycles. The summed E-state index contributed by atoms with van der Waals surface area (Å²) in [6, 6.07) is 2.91. The molecule has 0 aromatic carbocycles. The van der Waals surface area contributed by atoms with Gasteiger partial charge in [-0.3, -0.25) is 9.59 Å². The van der Waals surface area contributed by atoms with Crippen molar-refractivity contribution in [3.8, 4) is 0 Å². The van der Waals surface area contributed by atoms with Gasteiger partial charge in [0.2, 0.25) is 10.9 Å². The SMILES string of the molecule is CC1C[C@H]2[C@@H]3CC(F)C4=CC(=O)C=C[C@]4(C)C3(F)C(O)C[C@]2(C)C1(OC(=O)c1ccco1)C(=O)S. The van der Waals surface area contributed by atoms with Gasteiger partial charge in [0.1, 0.15) is 6.17 Å². The lowest BCUT2D eigenvalue weighted by Crippen LogP contribution is -2.70. The highest BCUT2D eigenvalue weighted by molar-refractivity contribution is 7.96. The molecule has 0 aliphatic heterocycles. The Kier molecular flexibility index (Phi) is 5.32. The summed E-state index contributed by atoms with van der Waals surface area (Å²) >= 11 is 4.11. The lowest BCUT2D eigenvalue weighted by molar-refractivity contribution is -0.221. The molecule has 0 radical (unpaired) electrons. The predicted octanol–water partition coefficient (Wildman–Crippen LogP) is 4.20. The van der Waals surface area contributed by atoms with Crippen molar-refractivity contribution in [1.82, 2.24) is 0 Å². The molecule has 0 spiro atoms. The number of esters is 1. The number of carbonyl (C=O) groups is 3. The van der Waals surface area contributed by atoms with Gasteiger partial charge >= 0.3 is 5.97 Å². The first-order valence-electron chi connectivity index (χ1n) is 11.8. The second kappa shape index (κ2) is 7.62. The monoisotopic (exact) mass is 506 g/mol. The van der Waals surface area contributed by atoms with Gasteiger partial charge in [-0.15, -0.1) is 12.6 Å². The summed E-state index contributed by atoms with van der Waals surface area (Å²) in [5.41, 5.74) is -6.80. The Balaban J connectivity index is 1.62. The maximum absolute atomic E-state index is 17.3. The van der Waals surface area contributed by atoms with Gasteiger partial charge in [-0.1, -0.05) is 19.9 Å². The second-order valence-corrected chi connectivity index (χ2v) is 11.3. The molecule has 9 heteroatoms. The van der Waals surface area contributed by atoms with Gasteiger partial charge in [-0.05, 0) is 62.0 Å². The molecule has 4 aliphatic rings. The third-order valence-electron chi connectivity index (χ3n) is 9.46. The van der Waals surface area contributed by atoms with Crippen LogP contribution in [0.5, 0.6) is 0 Å². The smallest absolute Gasteiger partial charge is 0.375 e. The van der Waals surface area contributed by atoms with Crippen LogP contribution in [0.1, 0.15) is 50.6 Å². The van der Waals surface area contributed by atoms with Crippen molar-refractivity contribution >= 4 is 29.5 Å². The number of furan rings is 1. The summed E-state index contributed by atoms with van der Waals surface area (Å²) in [5.74, 6) is -3.57. The van der Waals surface area contributed by atoms with Crippen molar-refractivity contribution in [2.45, 2.75) is 63.6 Å². The Labute approximate surface area is 207 Å². The number of ketones is 1. The van der Waals surface area contributed by atoms with Crippen molar-refractivity contribution in [3.05, 3.63) is 48.0 Å². The Bertz CT molecular complexity index is 1160. The zero-order chi connectivity index (χ0) is 25.6. The number of fused-ring (bicyclic) bond motifs is 5. The van der Waals surface area contributed by atoms with Crippen LogP contribution in [0.3, 0.4) is 0 Å². The van der Waals surface area contributed by atoms with Crippen molar-refractivity contribution < 1.29 is 37.4 Å². The van der Waals surface area contributed by atoms with Crippen LogP contribution < -0.4 is 0 Å². The summed E-state index contributed by atoms with van der Waals surface area (Å²) in [6.07, 6.45) is 1.58. The molecule has 0 saturated heterocycles. The number of aliphatic hydroxyl groups is 1. The third kappa shape index (κ3) is 2.88. The standard InChI is InChI=1S/C26H28F2O6S/c1-13-9-15-16-11-18(27)17-10-14(29)6-7-23(17,2)25(16,28)20(30)12-24(15,3)26(13,22(32)35)34-21(31)19-5-4-8-33-19/h4-8,10,13,15-16,18,20,30H,9,11-12H2,1-3H3,(H,32,35)/t13?,15-,16-,18?,20?,23-,24-,25?,26?/m0/s1. The molecule has 3 fully saturated rings. The lowest BCUT2D eigenvalue weighted by atomic mass is 9.44. The highest BCUT2D eigenvalue weighted by Crippen LogP contribution is 2.71. The molecule has 9 atom stereocenters. The first kappa shape index (κ1) is 24.4. The van der Waals surface area contributed by atoms with Crippen LogP contribution >= 0.6 is 12.6 Å². The lowest BCUT2D eigenvalue weighted by Gasteiger charge is -2.63. The van der Waals surface area contributed by atoms with Crippen molar-refractivity contribution in [3.63, 3.8) is 0 Å². The molecule has 4 aliphatic carbocycles. The Hall–Kier alpha value is -2.26. The molecule has 5 unspecified atom stereocenters. The van der Waals surface area contributed by atoms with Crippen molar-refractivity contribution in [2.24, 2.45) is 28.6 Å². The fourth-order valence-electron chi connectivity index (χ4n) is 7.83. The van der Waals surface area contributed by atoms with Gasteiger partial charge in [-0.2, -0.15) is 0 Å². The van der Waals surface area contributed by atoms with Crippen LogP contribution in [0, 0.1) is 28.6 Å². The first-order valence-corrected chi connectivity index (χ1v) is 12.2. The summed E-state index contributed by atoms with van der Waals surface area (Å²) < 4.78 is 43.8. The van der Waals surface area contributed by atoms with Crippen LogP contribution in [0.15, 0.2) is 46.6 Å². The quantitative estimate of drug-likeness (QED) is 0.472. The summed E-state index contributed by atoms with van der Waals surface area (Å²) in [5, 5.41) is 10.7. The van der Waals surface area contributed by atoms with E-state index < -0.39 is 69.0 Å². The molecule has 0 amide bonds. The molecule has 1 N–H and O–H groups in total. The highest BCUT2D eigenvalue weighted by atomic mass is 32.1. The Morgan fingerprint density at radius 2 is 1.97 bits per heavy atom. The van der Waals surface area contributed by atoms with E-state index in [1.54, 1.807) is 13.8 Å². The van der Waals surface area contributed by atoms with E-state index in [0.717, 1.165) is 6.08 Å². The molecular weight excluding hydrogens is 478 g/mol. The molecule has 1 heterocycles. The number of ether oxygens (including phenoxy) is 1. The Morgan fingerprint density at radius 1 is 1.26 bits per heavy atom. The van der Waals surface area contributed by atoms with E-state index in [2.05, 4.69) is 12.6 Å². The van der Waals surface area contributed by atoms with Gasteiger partial charge in [0.05, 0.1) is 12.4 Å². The van der Waals surface area contributed by atoms with Crippen molar-refractivity contribution in [1.29, 1.82) is 0 Å². The van der Waals surface area contributed by atoms with Crippen LogP contribution in [0.4, 0.5) is 8.78 Å². The van der Waals surface area contributed by atoms with Crippen LogP contribution in [0.25, 0.3) is 0 Å². The zero-order valence-electron chi connectivity index (χ0n) is 19.7. The fourth-order valence-corrected chi connectivity index (χ4v) is 8.35. The number of carbonyl (C=O) groups excluding carboxylic acids is 3. The average Bonchev–Trinajstić information content (AvgIpc) is 3.39. The molecule has 188 valence electrons. The molecule has 0 bridgehead atoms. The third-order valence-corrected chi connectivity index (χ3v) is 9.79. The normalized spacial score (nSPS) is 46.3. The minimum Gasteiger partial charge on any atom is -0.457 e. The minimum absolute atomic E-state index is 0.0261. The minimum atomic E-state index is -2.29. The number of alkyl halides is 2. The number of allylic oxidation sites excluding steroid dienone is 4. The number of hydrogen-bond acceptors (Lipinski definition) is 6. The predicted molar refractivity (Wildman–Crippen MR) is 124 cm³/mol. The van der Waals surface area contributed by atoms with E-state index in [4.69, 9.17) is 9.15 Å². The molecular formula is C26H28F2O6S. The van der Waals surface area contributed by atoms with E-state index >= 15 is 8.78 Å².